The molecule has 144 valence electrons. The Morgan fingerprint density at radius 3 is 2.67 bits per heavy atom. The van der Waals surface area contributed by atoms with Crippen LogP contribution in [0.5, 0.6) is 0 Å². The zero-order valence-corrected chi connectivity index (χ0v) is 15.4. The lowest BCUT2D eigenvalue weighted by Gasteiger charge is -2.26. The van der Waals surface area contributed by atoms with Crippen LogP contribution in [-0.2, 0) is 16.1 Å². The molecule has 0 aliphatic carbocycles. The van der Waals surface area contributed by atoms with E-state index in [0.717, 1.165) is 16.8 Å². The Hall–Kier alpha value is -2.28. The number of rotatable bonds is 9. The zero-order valence-electron chi connectivity index (χ0n) is 15.4. The quantitative estimate of drug-likeness (QED) is 0.735. The second-order valence-corrected chi connectivity index (χ2v) is 6.77. The van der Waals surface area contributed by atoms with Gasteiger partial charge in [0.05, 0.1) is 18.4 Å². The number of aliphatic hydroxyl groups is 1. The molecule has 3 rings (SSSR count). The van der Waals surface area contributed by atoms with Crippen molar-refractivity contribution in [2.45, 2.75) is 25.2 Å². The van der Waals surface area contributed by atoms with Crippen LogP contribution < -0.4 is 0 Å². The van der Waals surface area contributed by atoms with Gasteiger partial charge in [0.2, 0.25) is 0 Å². The summed E-state index contributed by atoms with van der Waals surface area (Å²) in [5, 5.41) is 14.4. The minimum Gasteiger partial charge on any atom is -0.390 e. The minimum atomic E-state index is -0.605. The van der Waals surface area contributed by atoms with Crippen molar-refractivity contribution in [2.75, 3.05) is 26.8 Å². The van der Waals surface area contributed by atoms with E-state index in [0.29, 0.717) is 26.1 Å². The molecule has 1 heterocycles. The summed E-state index contributed by atoms with van der Waals surface area (Å²) in [5.41, 5.74) is 2.97. The van der Waals surface area contributed by atoms with Gasteiger partial charge in [-0.05, 0) is 23.3 Å². The number of aliphatic hydroxyl groups excluding tert-OH is 1. The van der Waals surface area contributed by atoms with E-state index in [2.05, 4.69) is 10.1 Å². The van der Waals surface area contributed by atoms with E-state index in [-0.39, 0.29) is 18.5 Å². The molecular formula is C21H25FN2O3. The monoisotopic (exact) mass is 372 g/mol. The minimum absolute atomic E-state index is 0.0876. The van der Waals surface area contributed by atoms with E-state index in [9.17, 15) is 9.50 Å². The Morgan fingerprint density at radius 1 is 1.22 bits per heavy atom. The van der Waals surface area contributed by atoms with Crippen molar-refractivity contribution in [3.63, 3.8) is 0 Å². The van der Waals surface area contributed by atoms with Crippen molar-refractivity contribution in [3.8, 4) is 0 Å². The Morgan fingerprint density at radius 2 is 1.96 bits per heavy atom. The fraction of sp³-hybridized carbons (Fsp3) is 0.381. The zero-order chi connectivity index (χ0) is 19.1. The lowest BCUT2D eigenvalue weighted by molar-refractivity contribution is 0.00921. The molecule has 0 saturated carbocycles. The summed E-state index contributed by atoms with van der Waals surface area (Å²) in [6.45, 7) is 1.89. The van der Waals surface area contributed by atoms with Gasteiger partial charge in [-0.15, -0.1) is 0 Å². The maximum Gasteiger partial charge on any atom is 0.145 e. The first-order valence-corrected chi connectivity index (χ1v) is 9.06. The first kappa shape index (κ1) is 19.5. The molecular weight excluding hydrogens is 347 g/mol. The molecule has 0 amide bonds. The number of oxime groups is 1. The molecule has 1 N–H and O–H groups in total. The number of hydrogen-bond donors (Lipinski definition) is 1. The van der Waals surface area contributed by atoms with E-state index in [1.165, 1.54) is 12.1 Å². The first-order chi connectivity index (χ1) is 13.1. The lowest BCUT2D eigenvalue weighted by Crippen LogP contribution is -2.39. The van der Waals surface area contributed by atoms with Gasteiger partial charge in [-0.1, -0.05) is 47.6 Å². The summed E-state index contributed by atoms with van der Waals surface area (Å²) < 4.78 is 18.2. The van der Waals surface area contributed by atoms with Gasteiger partial charge in [-0.2, -0.15) is 0 Å². The van der Waals surface area contributed by atoms with Crippen LogP contribution in [0.15, 0.2) is 59.8 Å². The normalized spacial score (nSPS) is 17.6. The van der Waals surface area contributed by atoms with Gasteiger partial charge < -0.3 is 14.7 Å². The van der Waals surface area contributed by atoms with Crippen molar-refractivity contribution in [1.82, 2.24) is 4.90 Å². The van der Waals surface area contributed by atoms with Crippen LogP contribution in [0.25, 0.3) is 0 Å². The molecule has 0 fully saturated rings. The Balaban J connectivity index is 1.61. The third-order valence-electron chi connectivity index (χ3n) is 4.45. The van der Waals surface area contributed by atoms with Gasteiger partial charge in [-0.25, -0.2) is 4.39 Å². The van der Waals surface area contributed by atoms with Crippen molar-refractivity contribution in [3.05, 3.63) is 71.5 Å². The highest BCUT2D eigenvalue weighted by atomic mass is 19.1. The largest absolute Gasteiger partial charge is 0.390 e. The molecule has 0 unspecified atom stereocenters. The van der Waals surface area contributed by atoms with Crippen molar-refractivity contribution < 1.29 is 19.1 Å². The van der Waals surface area contributed by atoms with Gasteiger partial charge >= 0.3 is 0 Å². The fourth-order valence-electron chi connectivity index (χ4n) is 3.21. The van der Waals surface area contributed by atoms with Crippen LogP contribution in [0.3, 0.4) is 0 Å². The summed E-state index contributed by atoms with van der Waals surface area (Å²) in [6, 6.07) is 16.4. The van der Waals surface area contributed by atoms with E-state index in [4.69, 9.17) is 9.57 Å². The lowest BCUT2D eigenvalue weighted by atomic mass is 10.0. The number of halogens is 1. The molecule has 5 nitrogen and oxygen atoms in total. The number of nitrogens with zero attached hydrogens (tertiary/aromatic N) is 2. The van der Waals surface area contributed by atoms with Crippen LogP contribution in [-0.4, -0.2) is 54.7 Å². The summed E-state index contributed by atoms with van der Waals surface area (Å²) in [7, 11) is 1.56. The van der Waals surface area contributed by atoms with Gasteiger partial charge in [0.15, 0.2) is 0 Å². The molecule has 27 heavy (non-hydrogen) atoms. The second-order valence-electron chi connectivity index (χ2n) is 6.77. The highest BCUT2D eigenvalue weighted by Crippen LogP contribution is 2.19. The first-order valence-electron chi connectivity index (χ1n) is 9.06. The maximum absolute atomic E-state index is 13.2. The van der Waals surface area contributed by atoms with Crippen molar-refractivity contribution >= 4 is 5.71 Å². The predicted octanol–water partition coefficient (Wildman–Crippen LogP) is 2.83. The van der Waals surface area contributed by atoms with Gasteiger partial charge in [0.1, 0.15) is 11.9 Å². The predicted molar refractivity (Wildman–Crippen MR) is 102 cm³/mol. The van der Waals surface area contributed by atoms with E-state index >= 15 is 0 Å². The molecule has 0 aromatic heterocycles. The number of hydrogen-bond acceptors (Lipinski definition) is 5. The highest BCUT2D eigenvalue weighted by molar-refractivity contribution is 6.01. The van der Waals surface area contributed by atoms with Crippen LogP contribution in [0, 0.1) is 5.82 Å². The average Bonchev–Trinajstić information content (AvgIpc) is 3.13. The van der Waals surface area contributed by atoms with Gasteiger partial charge in [-0.3, -0.25) is 4.90 Å². The molecule has 0 spiro atoms. The Labute approximate surface area is 159 Å². The molecule has 1 aliphatic rings. The maximum atomic E-state index is 13.2. The third-order valence-corrected chi connectivity index (χ3v) is 4.45. The molecule has 0 radical (unpaired) electrons. The van der Waals surface area contributed by atoms with E-state index < -0.39 is 6.10 Å². The standard InChI is InChI=1S/C21H25FN2O3/c1-26-15-19(25)13-24(12-16-7-9-18(22)10-8-16)14-20-11-21(23-27-20)17-5-3-2-4-6-17/h2-10,19-20,25H,11-15H2,1H3/t19-,20+/m0/s1. The number of methoxy groups -OCH3 is 1. The summed E-state index contributed by atoms with van der Waals surface area (Å²) in [6.07, 6.45) is 0.0198. The smallest absolute Gasteiger partial charge is 0.145 e. The second kappa shape index (κ2) is 9.60. The molecule has 2 aromatic rings. The van der Waals surface area contributed by atoms with Crippen LogP contribution in [0.2, 0.25) is 0 Å². The van der Waals surface area contributed by atoms with Gasteiger partial charge in [0.25, 0.3) is 0 Å². The van der Waals surface area contributed by atoms with Crippen molar-refractivity contribution in [2.24, 2.45) is 5.16 Å². The average molecular weight is 372 g/mol. The topological polar surface area (TPSA) is 54.3 Å². The van der Waals surface area contributed by atoms with Gasteiger partial charge in [0, 0.05) is 33.2 Å². The summed E-state index contributed by atoms with van der Waals surface area (Å²) in [5.74, 6) is -0.259. The molecule has 0 bridgehead atoms. The Kier molecular flexibility index (Phi) is 6.92. The third kappa shape index (κ3) is 5.85. The van der Waals surface area contributed by atoms with Crippen molar-refractivity contribution in [1.29, 1.82) is 0 Å². The van der Waals surface area contributed by atoms with E-state index in [1.807, 2.05) is 30.3 Å². The molecule has 2 atom stereocenters. The van der Waals surface area contributed by atoms with E-state index in [1.54, 1.807) is 19.2 Å². The number of benzene rings is 2. The molecule has 0 saturated heterocycles. The Bertz CT molecular complexity index is 737. The summed E-state index contributed by atoms with van der Waals surface area (Å²) >= 11 is 0. The van der Waals surface area contributed by atoms with Crippen LogP contribution >= 0.6 is 0 Å². The SMILES string of the molecule is COC[C@@H](O)CN(Cc1ccc(F)cc1)C[C@H]1CC(c2ccccc2)=NO1. The molecule has 6 heteroatoms. The van der Waals surface area contributed by atoms with Crippen LogP contribution in [0.1, 0.15) is 17.5 Å². The number of ether oxygens (including phenoxy) is 1. The highest BCUT2D eigenvalue weighted by Gasteiger charge is 2.25. The van der Waals surface area contributed by atoms with Crippen LogP contribution in [0.4, 0.5) is 4.39 Å². The molecule has 2 aromatic carbocycles. The summed E-state index contributed by atoms with van der Waals surface area (Å²) in [4.78, 5) is 7.71. The fourth-order valence-corrected chi connectivity index (χ4v) is 3.21. The molecule has 1 aliphatic heterocycles.